The summed E-state index contributed by atoms with van der Waals surface area (Å²) in [5.41, 5.74) is 4.89. The number of carbonyl (C=O) groups is 2. The molecule has 1 fully saturated rings. The van der Waals surface area contributed by atoms with Gasteiger partial charge in [-0.2, -0.15) is 0 Å². The van der Waals surface area contributed by atoms with Crippen molar-refractivity contribution in [2.24, 2.45) is 17.1 Å². The lowest BCUT2D eigenvalue weighted by Crippen LogP contribution is -2.34. The first-order valence-electron chi connectivity index (χ1n) is 6.97. The maximum Gasteiger partial charge on any atom is 0.303 e. The average Bonchev–Trinajstić information content (AvgIpc) is 2.26. The van der Waals surface area contributed by atoms with Crippen molar-refractivity contribution in [2.75, 3.05) is 0 Å². The number of rotatable bonds is 7. The van der Waals surface area contributed by atoms with Gasteiger partial charge in [-0.1, -0.05) is 26.2 Å². The van der Waals surface area contributed by atoms with Crippen LogP contribution in [0.2, 0.25) is 0 Å². The molecule has 0 aromatic carbocycles. The van der Waals surface area contributed by atoms with Crippen molar-refractivity contribution in [3.05, 3.63) is 0 Å². The number of primary amides is 1. The standard InChI is InChI=1S/C14H25NO3/c1-2-3-4-11-5-7-14(8-6-11,9-12(15)16)10-13(17)18/h11H,2-10H2,1H3,(H2,15,16)(H,17,18). The van der Waals surface area contributed by atoms with Crippen LogP contribution in [-0.4, -0.2) is 17.0 Å². The fourth-order valence-corrected chi connectivity index (χ4v) is 3.18. The quantitative estimate of drug-likeness (QED) is 0.734. The minimum absolute atomic E-state index is 0.0798. The van der Waals surface area contributed by atoms with Gasteiger partial charge in [0.05, 0.1) is 6.42 Å². The van der Waals surface area contributed by atoms with Crippen molar-refractivity contribution in [2.45, 2.75) is 64.7 Å². The van der Waals surface area contributed by atoms with Crippen LogP contribution in [0.5, 0.6) is 0 Å². The topological polar surface area (TPSA) is 80.4 Å². The van der Waals surface area contributed by atoms with Gasteiger partial charge in [0.2, 0.25) is 5.91 Å². The second kappa shape index (κ2) is 6.76. The third-order valence-corrected chi connectivity index (χ3v) is 4.21. The zero-order chi connectivity index (χ0) is 13.6. The molecule has 0 atom stereocenters. The van der Waals surface area contributed by atoms with Gasteiger partial charge in [-0.25, -0.2) is 0 Å². The number of carboxylic acids is 1. The Hall–Kier alpha value is -1.06. The molecule has 0 spiro atoms. The molecular weight excluding hydrogens is 230 g/mol. The molecule has 0 bridgehead atoms. The highest BCUT2D eigenvalue weighted by atomic mass is 16.4. The molecule has 1 rings (SSSR count). The zero-order valence-corrected chi connectivity index (χ0v) is 11.3. The Morgan fingerprint density at radius 2 is 1.89 bits per heavy atom. The molecule has 1 aliphatic rings. The van der Waals surface area contributed by atoms with E-state index < -0.39 is 5.97 Å². The van der Waals surface area contributed by atoms with Crippen LogP contribution in [0.25, 0.3) is 0 Å². The van der Waals surface area contributed by atoms with Crippen LogP contribution in [0.15, 0.2) is 0 Å². The molecule has 0 aromatic rings. The molecular formula is C14H25NO3. The van der Waals surface area contributed by atoms with Gasteiger partial charge in [0.15, 0.2) is 0 Å². The molecule has 1 aliphatic carbocycles. The van der Waals surface area contributed by atoms with Gasteiger partial charge >= 0.3 is 5.97 Å². The second-order valence-electron chi connectivity index (χ2n) is 5.80. The molecule has 0 heterocycles. The van der Waals surface area contributed by atoms with Gasteiger partial charge in [-0.15, -0.1) is 0 Å². The number of hydrogen-bond donors (Lipinski definition) is 2. The minimum atomic E-state index is -0.816. The van der Waals surface area contributed by atoms with Gasteiger partial charge in [0.25, 0.3) is 0 Å². The highest BCUT2D eigenvalue weighted by molar-refractivity contribution is 5.76. The molecule has 1 amide bonds. The van der Waals surface area contributed by atoms with E-state index >= 15 is 0 Å². The summed E-state index contributed by atoms with van der Waals surface area (Å²) in [6.45, 7) is 2.19. The first-order valence-corrected chi connectivity index (χ1v) is 6.97. The van der Waals surface area contributed by atoms with Crippen LogP contribution >= 0.6 is 0 Å². The molecule has 18 heavy (non-hydrogen) atoms. The van der Waals surface area contributed by atoms with E-state index in [-0.39, 0.29) is 24.2 Å². The lowest BCUT2D eigenvalue weighted by molar-refractivity contribution is -0.141. The number of hydrogen-bond acceptors (Lipinski definition) is 2. The third-order valence-electron chi connectivity index (χ3n) is 4.21. The Kier molecular flexibility index (Phi) is 5.63. The summed E-state index contributed by atoms with van der Waals surface area (Å²) < 4.78 is 0. The van der Waals surface area contributed by atoms with E-state index in [0.717, 1.165) is 25.7 Å². The second-order valence-corrected chi connectivity index (χ2v) is 5.80. The summed E-state index contributed by atoms with van der Waals surface area (Å²) in [4.78, 5) is 22.1. The third kappa shape index (κ3) is 4.67. The van der Waals surface area contributed by atoms with Crippen LogP contribution in [0.3, 0.4) is 0 Å². The van der Waals surface area contributed by atoms with E-state index in [0.29, 0.717) is 5.92 Å². The lowest BCUT2D eigenvalue weighted by atomic mass is 9.66. The molecule has 0 aliphatic heterocycles. The highest BCUT2D eigenvalue weighted by Crippen LogP contribution is 2.45. The van der Waals surface area contributed by atoms with E-state index in [1.165, 1.54) is 19.3 Å². The van der Waals surface area contributed by atoms with Crippen molar-refractivity contribution in [3.63, 3.8) is 0 Å². The van der Waals surface area contributed by atoms with Gasteiger partial charge in [0, 0.05) is 6.42 Å². The highest BCUT2D eigenvalue weighted by Gasteiger charge is 2.38. The van der Waals surface area contributed by atoms with Crippen molar-refractivity contribution in [3.8, 4) is 0 Å². The number of carbonyl (C=O) groups excluding carboxylic acids is 1. The summed E-state index contributed by atoms with van der Waals surface area (Å²) >= 11 is 0. The molecule has 0 unspecified atom stereocenters. The maximum absolute atomic E-state index is 11.1. The van der Waals surface area contributed by atoms with E-state index in [1.54, 1.807) is 0 Å². The molecule has 0 saturated heterocycles. The first kappa shape index (κ1) is 15.0. The summed E-state index contributed by atoms with van der Waals surface area (Å²) in [6, 6.07) is 0. The Bertz CT molecular complexity index is 275. The van der Waals surface area contributed by atoms with Gasteiger partial charge in [0.1, 0.15) is 0 Å². The SMILES string of the molecule is CCCCC1CCC(CC(N)=O)(CC(=O)O)CC1. The largest absolute Gasteiger partial charge is 0.481 e. The smallest absolute Gasteiger partial charge is 0.303 e. The van der Waals surface area contributed by atoms with Crippen molar-refractivity contribution >= 4 is 11.9 Å². The molecule has 4 nitrogen and oxygen atoms in total. The van der Waals surface area contributed by atoms with Crippen LogP contribution in [0, 0.1) is 11.3 Å². The van der Waals surface area contributed by atoms with Gasteiger partial charge in [-0.3, -0.25) is 9.59 Å². The zero-order valence-electron chi connectivity index (χ0n) is 11.3. The minimum Gasteiger partial charge on any atom is -0.481 e. The van der Waals surface area contributed by atoms with Gasteiger partial charge in [-0.05, 0) is 37.0 Å². The molecule has 3 N–H and O–H groups in total. The summed E-state index contributed by atoms with van der Waals surface area (Å²) in [5, 5.41) is 9.00. The molecule has 104 valence electrons. The fraction of sp³-hybridized carbons (Fsp3) is 0.857. The Balaban J connectivity index is 2.55. The van der Waals surface area contributed by atoms with Crippen molar-refractivity contribution in [1.82, 2.24) is 0 Å². The average molecular weight is 255 g/mol. The predicted octanol–water partition coefficient (Wildman–Crippen LogP) is 2.70. The summed E-state index contributed by atoms with van der Waals surface area (Å²) in [5.74, 6) is -0.480. The molecule has 0 radical (unpaired) electrons. The Labute approximate surface area is 109 Å². The number of aliphatic carboxylic acids is 1. The molecule has 4 heteroatoms. The van der Waals surface area contributed by atoms with Crippen LogP contribution in [0.4, 0.5) is 0 Å². The van der Waals surface area contributed by atoms with Crippen molar-refractivity contribution < 1.29 is 14.7 Å². The van der Waals surface area contributed by atoms with E-state index in [9.17, 15) is 9.59 Å². The monoisotopic (exact) mass is 255 g/mol. The maximum atomic E-state index is 11.1. The van der Waals surface area contributed by atoms with Crippen molar-refractivity contribution in [1.29, 1.82) is 0 Å². The lowest BCUT2D eigenvalue weighted by Gasteiger charge is -2.38. The predicted molar refractivity (Wildman–Crippen MR) is 70.0 cm³/mol. The van der Waals surface area contributed by atoms with Crippen LogP contribution < -0.4 is 5.73 Å². The van der Waals surface area contributed by atoms with Crippen LogP contribution in [0.1, 0.15) is 64.7 Å². The first-order chi connectivity index (χ1) is 8.47. The van der Waals surface area contributed by atoms with E-state index in [1.807, 2.05) is 0 Å². The van der Waals surface area contributed by atoms with E-state index in [4.69, 9.17) is 10.8 Å². The molecule has 0 aromatic heterocycles. The fourth-order valence-electron chi connectivity index (χ4n) is 3.18. The summed E-state index contributed by atoms with van der Waals surface area (Å²) in [6.07, 6.45) is 7.73. The molecule has 1 saturated carbocycles. The number of carboxylic acid groups (broad SMARTS) is 1. The Morgan fingerprint density at radius 3 is 2.33 bits per heavy atom. The van der Waals surface area contributed by atoms with Gasteiger partial charge < -0.3 is 10.8 Å². The number of amides is 1. The summed E-state index contributed by atoms with van der Waals surface area (Å²) in [7, 11) is 0. The number of nitrogens with two attached hydrogens (primary N) is 1. The van der Waals surface area contributed by atoms with E-state index in [2.05, 4.69) is 6.92 Å². The normalized spacial score (nSPS) is 27.9. The Morgan fingerprint density at radius 1 is 1.28 bits per heavy atom. The van der Waals surface area contributed by atoms with Crippen LogP contribution in [-0.2, 0) is 9.59 Å². The number of unbranched alkanes of at least 4 members (excludes halogenated alkanes) is 1.